The third-order valence-electron chi connectivity index (χ3n) is 6.11. The predicted molar refractivity (Wildman–Crippen MR) is 128 cm³/mol. The second-order valence-electron chi connectivity index (χ2n) is 8.39. The molecule has 0 radical (unpaired) electrons. The number of nitrogens with zero attached hydrogens (tertiary/aromatic N) is 2. The molecule has 2 aromatic carbocycles. The average molecular weight is 435 g/mol. The molecule has 1 aliphatic rings. The van der Waals surface area contributed by atoms with Crippen LogP contribution in [0.4, 0.5) is 11.4 Å². The molecule has 32 heavy (non-hydrogen) atoms. The molecule has 1 aromatic heterocycles. The summed E-state index contributed by atoms with van der Waals surface area (Å²) in [6.45, 7) is 6.69. The van der Waals surface area contributed by atoms with E-state index in [1.807, 2.05) is 24.4 Å². The lowest BCUT2D eigenvalue weighted by molar-refractivity contribution is -0.114. The minimum Gasteiger partial charge on any atom is -0.478 e. The van der Waals surface area contributed by atoms with Crippen molar-refractivity contribution in [3.05, 3.63) is 59.8 Å². The fraction of sp³-hybridized carbons (Fsp3) is 0.360. The first-order valence-corrected chi connectivity index (χ1v) is 11.2. The van der Waals surface area contributed by atoms with Crippen LogP contribution in [0.1, 0.15) is 35.7 Å². The molecule has 1 saturated heterocycles. The number of carbonyl (C=O) groups is 2. The van der Waals surface area contributed by atoms with E-state index in [-0.39, 0.29) is 5.91 Å². The molecular weight excluding hydrogens is 404 g/mol. The molecule has 1 fully saturated rings. The number of hydrogen-bond donors (Lipinski definition) is 3. The van der Waals surface area contributed by atoms with Crippen molar-refractivity contribution in [1.82, 2.24) is 9.88 Å². The third kappa shape index (κ3) is 5.29. The van der Waals surface area contributed by atoms with Crippen LogP contribution in [0, 0.1) is 0 Å². The summed E-state index contributed by atoms with van der Waals surface area (Å²) in [5, 5.41) is 13.1. The van der Waals surface area contributed by atoms with Gasteiger partial charge in [-0.3, -0.25) is 9.69 Å². The number of aromatic nitrogens is 1. The number of fused-ring (bicyclic) bond motifs is 1. The van der Waals surface area contributed by atoms with Gasteiger partial charge < -0.3 is 20.3 Å². The topological polar surface area (TPSA) is 88.7 Å². The molecule has 0 saturated carbocycles. The Bertz CT molecular complexity index is 1080. The molecule has 1 amide bonds. The van der Waals surface area contributed by atoms with E-state index in [0.29, 0.717) is 5.56 Å². The number of benzene rings is 2. The fourth-order valence-electron chi connectivity index (χ4n) is 4.36. The van der Waals surface area contributed by atoms with Gasteiger partial charge in [-0.25, -0.2) is 4.79 Å². The Balaban J connectivity index is 1.21. The first-order valence-electron chi connectivity index (χ1n) is 11.2. The Kier molecular flexibility index (Phi) is 6.75. The summed E-state index contributed by atoms with van der Waals surface area (Å²) in [5.74, 6) is -0.942. The first kappa shape index (κ1) is 21.9. The SMILES string of the molecule is CC(=O)Nc1ccc(N2CCN(CCCCc3c[nH]c4ccc(C(=O)O)cc34)CC2)cc1. The molecule has 0 atom stereocenters. The summed E-state index contributed by atoms with van der Waals surface area (Å²) in [7, 11) is 0. The van der Waals surface area contributed by atoms with Crippen molar-refractivity contribution in [3.8, 4) is 0 Å². The van der Waals surface area contributed by atoms with Crippen molar-refractivity contribution in [2.24, 2.45) is 0 Å². The zero-order valence-electron chi connectivity index (χ0n) is 18.4. The van der Waals surface area contributed by atoms with Gasteiger partial charge in [0.15, 0.2) is 0 Å². The van der Waals surface area contributed by atoms with Crippen molar-refractivity contribution in [1.29, 1.82) is 0 Å². The number of carboxylic acid groups (broad SMARTS) is 1. The van der Waals surface area contributed by atoms with Crippen molar-refractivity contribution in [2.75, 3.05) is 42.9 Å². The summed E-state index contributed by atoms with van der Waals surface area (Å²) in [5.41, 5.74) is 4.54. The number of carbonyl (C=O) groups excluding carboxylic acids is 1. The lowest BCUT2D eigenvalue weighted by Gasteiger charge is -2.36. The Morgan fingerprint density at radius 3 is 2.47 bits per heavy atom. The molecule has 0 aliphatic carbocycles. The molecule has 1 aliphatic heterocycles. The molecular formula is C25H30N4O3. The summed E-state index contributed by atoms with van der Waals surface area (Å²) >= 11 is 0. The van der Waals surface area contributed by atoms with Crippen LogP contribution in [0.2, 0.25) is 0 Å². The van der Waals surface area contributed by atoms with Crippen LogP contribution in [0.5, 0.6) is 0 Å². The van der Waals surface area contributed by atoms with Crippen LogP contribution in [0.25, 0.3) is 10.9 Å². The van der Waals surface area contributed by atoms with Gasteiger partial charge in [0.1, 0.15) is 0 Å². The van der Waals surface area contributed by atoms with Gasteiger partial charge in [-0.2, -0.15) is 0 Å². The van der Waals surface area contributed by atoms with Gasteiger partial charge in [0.05, 0.1) is 5.56 Å². The second kappa shape index (κ2) is 9.87. The van der Waals surface area contributed by atoms with E-state index in [1.165, 1.54) is 18.2 Å². The maximum atomic E-state index is 11.2. The molecule has 0 unspecified atom stereocenters. The summed E-state index contributed by atoms with van der Waals surface area (Å²) < 4.78 is 0. The Morgan fingerprint density at radius 2 is 1.78 bits per heavy atom. The van der Waals surface area contributed by atoms with Crippen molar-refractivity contribution in [2.45, 2.75) is 26.2 Å². The average Bonchev–Trinajstić information content (AvgIpc) is 3.19. The normalized spacial score (nSPS) is 14.6. The van der Waals surface area contributed by atoms with Crippen LogP contribution in [-0.2, 0) is 11.2 Å². The number of unbranched alkanes of at least 4 members (excludes halogenated alkanes) is 1. The number of carboxylic acids is 1. The largest absolute Gasteiger partial charge is 0.478 e. The molecule has 0 spiro atoms. The highest BCUT2D eigenvalue weighted by Crippen LogP contribution is 2.22. The quantitative estimate of drug-likeness (QED) is 0.467. The molecule has 7 heteroatoms. The lowest BCUT2D eigenvalue weighted by Crippen LogP contribution is -2.46. The standard InChI is InChI=1S/C25H30N4O3/c1-18(30)27-21-6-8-22(9-7-21)29-14-12-28(13-15-29)11-3-2-4-20-17-26-24-10-5-19(25(31)32)16-23(20)24/h5-10,16-17,26H,2-4,11-15H2,1H3,(H,27,30)(H,31,32). The smallest absolute Gasteiger partial charge is 0.335 e. The summed E-state index contributed by atoms with van der Waals surface area (Å²) in [6, 6.07) is 13.3. The summed E-state index contributed by atoms with van der Waals surface area (Å²) in [6.07, 6.45) is 5.15. The number of rotatable bonds is 8. The van der Waals surface area contributed by atoms with E-state index >= 15 is 0 Å². The number of aryl methyl sites for hydroxylation is 1. The van der Waals surface area contributed by atoms with E-state index in [9.17, 15) is 14.7 Å². The monoisotopic (exact) mass is 434 g/mol. The van der Waals surface area contributed by atoms with E-state index in [2.05, 4.69) is 32.2 Å². The molecule has 168 valence electrons. The van der Waals surface area contributed by atoms with Crippen LogP contribution in [-0.4, -0.2) is 59.6 Å². The van der Waals surface area contributed by atoms with E-state index in [4.69, 9.17) is 0 Å². The van der Waals surface area contributed by atoms with E-state index < -0.39 is 5.97 Å². The number of nitrogens with one attached hydrogen (secondary N) is 2. The van der Waals surface area contributed by atoms with Crippen LogP contribution in [0.15, 0.2) is 48.7 Å². The van der Waals surface area contributed by atoms with Crippen molar-refractivity contribution < 1.29 is 14.7 Å². The van der Waals surface area contributed by atoms with Crippen LogP contribution in [0.3, 0.4) is 0 Å². The van der Waals surface area contributed by atoms with Gasteiger partial charge in [-0.1, -0.05) is 0 Å². The Hall–Kier alpha value is -3.32. The van der Waals surface area contributed by atoms with Gasteiger partial charge in [-0.05, 0) is 73.8 Å². The van der Waals surface area contributed by atoms with Gasteiger partial charge in [0.2, 0.25) is 5.91 Å². The second-order valence-corrected chi connectivity index (χ2v) is 8.39. The van der Waals surface area contributed by atoms with Crippen LogP contribution >= 0.6 is 0 Å². The fourth-order valence-corrected chi connectivity index (χ4v) is 4.36. The number of anilines is 2. The minimum atomic E-state index is -0.887. The molecule has 7 nitrogen and oxygen atoms in total. The van der Waals surface area contributed by atoms with Gasteiger partial charge >= 0.3 is 5.97 Å². The number of piperazine rings is 1. The minimum absolute atomic E-state index is 0.0546. The third-order valence-corrected chi connectivity index (χ3v) is 6.11. The van der Waals surface area contributed by atoms with E-state index in [1.54, 1.807) is 12.1 Å². The van der Waals surface area contributed by atoms with Gasteiger partial charge in [0.25, 0.3) is 0 Å². The molecule has 3 N–H and O–H groups in total. The van der Waals surface area contributed by atoms with Crippen LogP contribution < -0.4 is 10.2 Å². The number of H-pyrrole nitrogens is 1. The lowest BCUT2D eigenvalue weighted by atomic mass is 10.0. The summed E-state index contributed by atoms with van der Waals surface area (Å²) in [4.78, 5) is 30.6. The predicted octanol–water partition coefficient (Wildman–Crippen LogP) is 3.97. The van der Waals surface area contributed by atoms with Crippen molar-refractivity contribution in [3.63, 3.8) is 0 Å². The van der Waals surface area contributed by atoms with Crippen molar-refractivity contribution >= 4 is 34.2 Å². The molecule has 0 bridgehead atoms. The number of aromatic amines is 1. The van der Waals surface area contributed by atoms with E-state index in [0.717, 1.165) is 68.6 Å². The highest BCUT2D eigenvalue weighted by atomic mass is 16.4. The Labute approximate surface area is 188 Å². The zero-order valence-corrected chi connectivity index (χ0v) is 18.4. The maximum Gasteiger partial charge on any atom is 0.335 e. The zero-order chi connectivity index (χ0) is 22.5. The molecule has 3 aromatic rings. The molecule has 4 rings (SSSR count). The number of aromatic carboxylic acids is 1. The molecule has 2 heterocycles. The van der Waals surface area contributed by atoms with Gasteiger partial charge in [0, 0.05) is 61.6 Å². The number of hydrogen-bond acceptors (Lipinski definition) is 4. The maximum absolute atomic E-state index is 11.2. The number of amides is 1. The highest BCUT2D eigenvalue weighted by molar-refractivity contribution is 5.94. The first-order chi connectivity index (χ1) is 15.5. The Morgan fingerprint density at radius 1 is 1.03 bits per heavy atom. The highest BCUT2D eigenvalue weighted by Gasteiger charge is 2.17. The van der Waals surface area contributed by atoms with Gasteiger partial charge in [-0.15, -0.1) is 0 Å².